The molecule has 8 heteroatoms. The number of benzene rings is 1. The van der Waals surface area contributed by atoms with Gasteiger partial charge in [-0.3, -0.25) is 0 Å². The number of hydrogen-bond donors (Lipinski definition) is 2. The fourth-order valence-electron chi connectivity index (χ4n) is 3.31. The number of hydrogen-bond acceptors (Lipinski definition) is 8. The molecule has 162 valence electrons. The minimum absolute atomic E-state index is 0.546. The highest BCUT2D eigenvalue weighted by molar-refractivity contribution is 5.62. The lowest BCUT2D eigenvalue weighted by molar-refractivity contribution is 0.261. The molecule has 2 aromatic heterocycles. The molecule has 1 aromatic carbocycles. The number of anilines is 3. The van der Waals surface area contributed by atoms with Crippen LogP contribution in [0, 0.1) is 0 Å². The summed E-state index contributed by atoms with van der Waals surface area (Å²) in [7, 11) is 4.06. The van der Waals surface area contributed by atoms with Gasteiger partial charge in [0, 0.05) is 56.4 Å². The summed E-state index contributed by atoms with van der Waals surface area (Å²) >= 11 is 0. The van der Waals surface area contributed by atoms with E-state index in [2.05, 4.69) is 47.5 Å². The second-order valence-electron chi connectivity index (χ2n) is 7.71. The number of ether oxygens (including phenoxy) is 1. The number of likely N-dealkylation sites (N-methyl/N-ethyl adjacent to an activating group) is 1. The smallest absolute Gasteiger partial charge is 0.227 e. The van der Waals surface area contributed by atoms with E-state index in [0.29, 0.717) is 12.6 Å². The van der Waals surface area contributed by atoms with E-state index >= 15 is 0 Å². The summed E-state index contributed by atoms with van der Waals surface area (Å²) in [5.74, 6) is 2.40. The van der Waals surface area contributed by atoms with Gasteiger partial charge in [0.05, 0.1) is 5.69 Å². The molecule has 1 aliphatic heterocycles. The first-order valence-electron chi connectivity index (χ1n) is 10.6. The van der Waals surface area contributed by atoms with E-state index < -0.39 is 0 Å². The molecule has 0 bridgehead atoms. The number of aromatic nitrogens is 3. The van der Waals surface area contributed by atoms with Crippen LogP contribution in [-0.4, -0.2) is 73.3 Å². The Bertz CT molecular complexity index is 954. The van der Waals surface area contributed by atoms with Crippen molar-refractivity contribution in [2.45, 2.75) is 0 Å². The zero-order chi connectivity index (χ0) is 21.5. The minimum Gasteiger partial charge on any atom is -0.492 e. The Morgan fingerprint density at radius 1 is 1.03 bits per heavy atom. The molecule has 0 amide bonds. The summed E-state index contributed by atoms with van der Waals surface area (Å²) in [5, 5.41) is 6.62. The van der Waals surface area contributed by atoms with Crippen molar-refractivity contribution in [1.29, 1.82) is 0 Å². The van der Waals surface area contributed by atoms with Gasteiger partial charge in [0.1, 0.15) is 18.2 Å². The summed E-state index contributed by atoms with van der Waals surface area (Å²) in [5.41, 5.74) is 2.71. The third-order valence-corrected chi connectivity index (χ3v) is 5.06. The second-order valence-corrected chi connectivity index (χ2v) is 7.71. The van der Waals surface area contributed by atoms with Crippen LogP contribution >= 0.6 is 0 Å². The summed E-state index contributed by atoms with van der Waals surface area (Å²) in [6, 6.07) is 13.8. The molecule has 0 unspecified atom stereocenters. The molecule has 0 saturated carbocycles. The molecule has 0 spiro atoms. The Morgan fingerprint density at radius 2 is 1.84 bits per heavy atom. The van der Waals surface area contributed by atoms with Crippen molar-refractivity contribution in [3.8, 4) is 17.0 Å². The SMILES string of the molecule is CN(C)CCOc1ccc(Nc2nccc(-c3ccc(N4CCNCC4)nc3)n2)cc1. The Labute approximate surface area is 183 Å². The van der Waals surface area contributed by atoms with Gasteiger partial charge < -0.3 is 25.2 Å². The summed E-state index contributed by atoms with van der Waals surface area (Å²) < 4.78 is 5.74. The van der Waals surface area contributed by atoms with Gasteiger partial charge >= 0.3 is 0 Å². The van der Waals surface area contributed by atoms with Gasteiger partial charge in [-0.25, -0.2) is 15.0 Å². The molecule has 1 saturated heterocycles. The summed E-state index contributed by atoms with van der Waals surface area (Å²) in [4.78, 5) is 18.0. The first-order valence-corrected chi connectivity index (χ1v) is 10.6. The van der Waals surface area contributed by atoms with Crippen LogP contribution in [0.3, 0.4) is 0 Å². The number of piperazine rings is 1. The van der Waals surface area contributed by atoms with Crippen molar-refractivity contribution in [2.75, 3.05) is 63.6 Å². The van der Waals surface area contributed by atoms with E-state index in [1.54, 1.807) is 6.20 Å². The van der Waals surface area contributed by atoms with Crippen LogP contribution in [-0.2, 0) is 0 Å². The normalized spacial score (nSPS) is 14.0. The van der Waals surface area contributed by atoms with Crippen LogP contribution in [0.5, 0.6) is 5.75 Å². The Kier molecular flexibility index (Phi) is 6.91. The molecule has 2 N–H and O–H groups in total. The highest BCUT2D eigenvalue weighted by atomic mass is 16.5. The van der Waals surface area contributed by atoms with Crippen LogP contribution in [0.1, 0.15) is 0 Å². The predicted octanol–water partition coefficient (Wildman–Crippen LogP) is 2.63. The maximum atomic E-state index is 5.74. The number of rotatable bonds is 8. The monoisotopic (exact) mass is 419 g/mol. The molecule has 8 nitrogen and oxygen atoms in total. The average molecular weight is 420 g/mol. The maximum Gasteiger partial charge on any atom is 0.227 e. The average Bonchev–Trinajstić information content (AvgIpc) is 2.81. The quantitative estimate of drug-likeness (QED) is 0.577. The predicted molar refractivity (Wildman–Crippen MR) is 124 cm³/mol. The Hall–Kier alpha value is -3.23. The molecule has 1 fully saturated rings. The lowest BCUT2D eigenvalue weighted by atomic mass is 10.2. The van der Waals surface area contributed by atoms with Crippen LogP contribution in [0.4, 0.5) is 17.5 Å². The zero-order valence-corrected chi connectivity index (χ0v) is 18.1. The van der Waals surface area contributed by atoms with Crippen molar-refractivity contribution >= 4 is 17.5 Å². The van der Waals surface area contributed by atoms with E-state index in [9.17, 15) is 0 Å². The fourth-order valence-corrected chi connectivity index (χ4v) is 3.31. The number of nitrogens with zero attached hydrogens (tertiary/aromatic N) is 5. The van der Waals surface area contributed by atoms with Crippen LogP contribution in [0.2, 0.25) is 0 Å². The van der Waals surface area contributed by atoms with Gasteiger partial charge in [-0.05, 0) is 56.6 Å². The zero-order valence-electron chi connectivity index (χ0n) is 18.1. The van der Waals surface area contributed by atoms with Gasteiger partial charge in [0.25, 0.3) is 0 Å². The Morgan fingerprint density at radius 3 is 2.55 bits per heavy atom. The van der Waals surface area contributed by atoms with E-state index in [0.717, 1.165) is 61.2 Å². The molecule has 3 heterocycles. The van der Waals surface area contributed by atoms with E-state index in [-0.39, 0.29) is 0 Å². The summed E-state index contributed by atoms with van der Waals surface area (Å²) in [6.45, 7) is 5.49. The maximum absolute atomic E-state index is 5.74. The Balaban J connectivity index is 1.39. The minimum atomic E-state index is 0.546. The van der Waals surface area contributed by atoms with Gasteiger partial charge in [0.15, 0.2) is 0 Å². The standard InChI is InChI=1S/C23H29N7O/c1-29(2)15-16-31-20-6-4-19(5-7-20)27-23-25-10-9-21(28-23)18-3-8-22(26-17-18)30-13-11-24-12-14-30/h3-10,17,24H,11-16H2,1-2H3,(H,25,27,28). The first kappa shape index (κ1) is 21.0. The third-order valence-electron chi connectivity index (χ3n) is 5.06. The van der Waals surface area contributed by atoms with Gasteiger partial charge in [-0.15, -0.1) is 0 Å². The van der Waals surface area contributed by atoms with E-state index in [4.69, 9.17) is 4.74 Å². The van der Waals surface area contributed by atoms with Crippen molar-refractivity contribution in [1.82, 2.24) is 25.2 Å². The molecule has 3 aromatic rings. The van der Waals surface area contributed by atoms with E-state index in [1.807, 2.05) is 50.6 Å². The van der Waals surface area contributed by atoms with Crippen molar-refractivity contribution in [3.05, 3.63) is 54.9 Å². The summed E-state index contributed by atoms with van der Waals surface area (Å²) in [6.07, 6.45) is 3.64. The van der Waals surface area contributed by atoms with Crippen LogP contribution < -0.4 is 20.3 Å². The highest BCUT2D eigenvalue weighted by Crippen LogP contribution is 2.22. The van der Waals surface area contributed by atoms with Crippen LogP contribution in [0.25, 0.3) is 11.3 Å². The van der Waals surface area contributed by atoms with Gasteiger partial charge in [-0.2, -0.15) is 0 Å². The molecule has 1 aliphatic rings. The molecule has 31 heavy (non-hydrogen) atoms. The lowest BCUT2D eigenvalue weighted by Gasteiger charge is -2.28. The lowest BCUT2D eigenvalue weighted by Crippen LogP contribution is -2.43. The molecule has 0 radical (unpaired) electrons. The molecule has 0 aliphatic carbocycles. The topological polar surface area (TPSA) is 78.4 Å². The highest BCUT2D eigenvalue weighted by Gasteiger charge is 2.12. The molecule has 4 rings (SSSR count). The molecular formula is C23H29N7O. The second kappa shape index (κ2) is 10.2. The first-order chi connectivity index (χ1) is 15.2. The number of nitrogens with one attached hydrogen (secondary N) is 2. The van der Waals surface area contributed by atoms with Crippen LogP contribution in [0.15, 0.2) is 54.9 Å². The van der Waals surface area contributed by atoms with Crippen molar-refractivity contribution in [3.63, 3.8) is 0 Å². The van der Waals surface area contributed by atoms with Gasteiger partial charge in [-0.1, -0.05) is 0 Å². The van der Waals surface area contributed by atoms with Crippen molar-refractivity contribution < 1.29 is 4.74 Å². The van der Waals surface area contributed by atoms with Gasteiger partial charge in [0.2, 0.25) is 5.95 Å². The number of pyridine rings is 1. The molecule has 0 atom stereocenters. The fraction of sp³-hybridized carbons (Fsp3) is 0.348. The molecular weight excluding hydrogens is 390 g/mol. The van der Waals surface area contributed by atoms with Crippen molar-refractivity contribution in [2.24, 2.45) is 0 Å². The largest absolute Gasteiger partial charge is 0.492 e. The third kappa shape index (κ3) is 5.90. The van der Waals surface area contributed by atoms with E-state index in [1.165, 1.54) is 0 Å².